The van der Waals surface area contributed by atoms with E-state index in [0.717, 1.165) is 19.5 Å². The molecule has 0 atom stereocenters. The number of hydrogen-bond acceptors (Lipinski definition) is 1. The van der Waals surface area contributed by atoms with E-state index in [2.05, 4.69) is 30.1 Å². The summed E-state index contributed by atoms with van der Waals surface area (Å²) in [5, 5.41) is 3.37. The molecule has 0 aliphatic carbocycles. The van der Waals surface area contributed by atoms with E-state index in [4.69, 9.17) is 0 Å². The number of fused-ring (bicyclic) bond motifs is 1. The lowest BCUT2D eigenvalue weighted by Gasteiger charge is -2.17. The number of hydrogen-bond donors (Lipinski definition) is 1. The Labute approximate surface area is 79.5 Å². The van der Waals surface area contributed by atoms with Crippen molar-refractivity contribution in [2.45, 2.75) is 19.4 Å². The lowest BCUT2D eigenvalue weighted by Crippen LogP contribution is -2.23. The van der Waals surface area contributed by atoms with Crippen LogP contribution in [0.4, 0.5) is 0 Å². The van der Waals surface area contributed by atoms with Gasteiger partial charge in [0.25, 0.3) is 0 Å². The van der Waals surface area contributed by atoms with Gasteiger partial charge in [0, 0.05) is 6.54 Å². The molecule has 1 aliphatic rings. The van der Waals surface area contributed by atoms with Gasteiger partial charge in [0.05, 0.1) is 0 Å². The Morgan fingerprint density at radius 1 is 1.38 bits per heavy atom. The molecule has 2 rings (SSSR count). The molecule has 0 radical (unpaired) electrons. The monoisotopic (exact) mass is 173 g/mol. The van der Waals surface area contributed by atoms with Gasteiger partial charge in [-0.1, -0.05) is 24.3 Å². The minimum absolute atomic E-state index is 0.987. The van der Waals surface area contributed by atoms with Crippen LogP contribution in [0.25, 0.3) is 0 Å². The highest BCUT2D eigenvalue weighted by Gasteiger charge is 2.07. The second-order valence-corrected chi connectivity index (χ2v) is 3.52. The van der Waals surface area contributed by atoms with E-state index < -0.39 is 0 Å². The fourth-order valence-corrected chi connectivity index (χ4v) is 1.82. The lowest BCUT2D eigenvalue weighted by molar-refractivity contribution is 0.643. The molecule has 0 fully saturated rings. The molecule has 1 nitrogen and oxygen atoms in total. The van der Waals surface area contributed by atoms with Gasteiger partial charge in [-0.05, 0) is 36.1 Å². The first-order valence-electron chi connectivity index (χ1n) is 4.82. The summed E-state index contributed by atoms with van der Waals surface area (Å²) < 4.78 is 0. The Bertz CT molecular complexity index is 315. The Balaban J connectivity index is 2.29. The summed E-state index contributed by atoms with van der Waals surface area (Å²) in [7, 11) is 0. The van der Waals surface area contributed by atoms with Crippen LogP contribution in [0.2, 0.25) is 0 Å². The maximum absolute atomic E-state index is 3.76. The van der Waals surface area contributed by atoms with Crippen molar-refractivity contribution in [1.29, 1.82) is 0 Å². The summed E-state index contributed by atoms with van der Waals surface area (Å²) in [6, 6.07) is 6.76. The fraction of sp³-hybridized carbons (Fsp3) is 0.333. The average molecular weight is 173 g/mol. The second kappa shape index (κ2) is 3.75. The molecule has 0 aromatic heterocycles. The van der Waals surface area contributed by atoms with Crippen LogP contribution in [0.3, 0.4) is 0 Å². The first-order chi connectivity index (χ1) is 6.40. The molecule has 0 saturated heterocycles. The lowest BCUT2D eigenvalue weighted by atomic mass is 9.97. The smallest absolute Gasteiger partial charge is 0.0208 e. The van der Waals surface area contributed by atoms with Crippen LogP contribution in [0.15, 0.2) is 30.9 Å². The minimum atomic E-state index is 0.987. The molecule has 0 unspecified atom stereocenters. The SMILES string of the molecule is C=CCc1ccc2c(c1)CCNC2. The normalized spacial score (nSPS) is 15.1. The van der Waals surface area contributed by atoms with Crippen molar-refractivity contribution in [2.75, 3.05) is 6.54 Å². The van der Waals surface area contributed by atoms with Gasteiger partial charge in [-0.2, -0.15) is 0 Å². The molecule has 0 amide bonds. The molecule has 0 saturated carbocycles. The zero-order valence-electron chi connectivity index (χ0n) is 7.84. The van der Waals surface area contributed by atoms with Crippen LogP contribution in [0, 0.1) is 0 Å². The van der Waals surface area contributed by atoms with Gasteiger partial charge in [-0.3, -0.25) is 0 Å². The molecule has 1 aromatic carbocycles. The third-order valence-corrected chi connectivity index (χ3v) is 2.54. The molecule has 13 heavy (non-hydrogen) atoms. The summed E-state index contributed by atoms with van der Waals surface area (Å²) in [5.74, 6) is 0. The molecule has 1 aromatic rings. The molecule has 0 spiro atoms. The summed E-state index contributed by atoms with van der Waals surface area (Å²) in [6.45, 7) is 5.90. The van der Waals surface area contributed by atoms with E-state index in [1.54, 1.807) is 0 Å². The number of benzene rings is 1. The first-order valence-corrected chi connectivity index (χ1v) is 4.82. The topological polar surface area (TPSA) is 12.0 Å². The Kier molecular flexibility index (Phi) is 2.46. The molecule has 1 heterocycles. The predicted molar refractivity (Wildman–Crippen MR) is 55.8 cm³/mol. The maximum atomic E-state index is 3.76. The van der Waals surface area contributed by atoms with Gasteiger partial charge in [-0.25, -0.2) is 0 Å². The number of nitrogens with one attached hydrogen (secondary N) is 1. The van der Waals surface area contributed by atoms with Crippen LogP contribution in [-0.2, 0) is 19.4 Å². The van der Waals surface area contributed by atoms with E-state index in [9.17, 15) is 0 Å². The number of rotatable bonds is 2. The van der Waals surface area contributed by atoms with Crippen LogP contribution >= 0.6 is 0 Å². The highest BCUT2D eigenvalue weighted by atomic mass is 14.9. The molecular formula is C12H15N. The quantitative estimate of drug-likeness (QED) is 0.675. The van der Waals surface area contributed by atoms with Crippen molar-refractivity contribution >= 4 is 0 Å². The standard InChI is InChI=1S/C12H15N/c1-2-3-10-4-5-12-9-13-7-6-11(12)8-10/h2,4-5,8,13H,1,3,6-7,9H2. The maximum Gasteiger partial charge on any atom is 0.0208 e. The second-order valence-electron chi connectivity index (χ2n) is 3.52. The van der Waals surface area contributed by atoms with Crippen LogP contribution in [0.1, 0.15) is 16.7 Å². The predicted octanol–water partition coefficient (Wildman–Crippen LogP) is 2.06. The van der Waals surface area contributed by atoms with E-state index in [-0.39, 0.29) is 0 Å². The summed E-state index contributed by atoms with van der Waals surface area (Å²) in [4.78, 5) is 0. The van der Waals surface area contributed by atoms with Crippen molar-refractivity contribution in [1.82, 2.24) is 5.32 Å². The average Bonchev–Trinajstić information content (AvgIpc) is 2.18. The third-order valence-electron chi connectivity index (χ3n) is 2.54. The molecule has 0 bridgehead atoms. The Morgan fingerprint density at radius 3 is 3.15 bits per heavy atom. The van der Waals surface area contributed by atoms with E-state index in [1.807, 2.05) is 6.08 Å². The van der Waals surface area contributed by atoms with Gasteiger partial charge in [0.1, 0.15) is 0 Å². The summed E-state index contributed by atoms with van der Waals surface area (Å²) in [5.41, 5.74) is 4.35. The highest BCUT2D eigenvalue weighted by Crippen LogP contribution is 2.16. The molecular weight excluding hydrogens is 158 g/mol. The minimum Gasteiger partial charge on any atom is -0.312 e. The highest BCUT2D eigenvalue weighted by molar-refractivity contribution is 5.34. The van der Waals surface area contributed by atoms with Gasteiger partial charge >= 0.3 is 0 Å². The summed E-state index contributed by atoms with van der Waals surface area (Å²) >= 11 is 0. The zero-order valence-corrected chi connectivity index (χ0v) is 7.84. The van der Waals surface area contributed by atoms with Gasteiger partial charge in [0.15, 0.2) is 0 Å². The van der Waals surface area contributed by atoms with Gasteiger partial charge in [0.2, 0.25) is 0 Å². The largest absolute Gasteiger partial charge is 0.312 e. The van der Waals surface area contributed by atoms with E-state index >= 15 is 0 Å². The first kappa shape index (κ1) is 8.52. The molecule has 1 aliphatic heterocycles. The van der Waals surface area contributed by atoms with Crippen molar-refractivity contribution < 1.29 is 0 Å². The molecule has 68 valence electrons. The van der Waals surface area contributed by atoms with Crippen molar-refractivity contribution in [3.05, 3.63) is 47.5 Å². The van der Waals surface area contributed by atoms with E-state index in [0.29, 0.717) is 0 Å². The molecule has 1 heteroatoms. The third kappa shape index (κ3) is 1.81. The Morgan fingerprint density at radius 2 is 2.31 bits per heavy atom. The van der Waals surface area contributed by atoms with Crippen molar-refractivity contribution in [2.24, 2.45) is 0 Å². The summed E-state index contributed by atoms with van der Waals surface area (Å²) in [6.07, 6.45) is 4.11. The van der Waals surface area contributed by atoms with Gasteiger partial charge in [-0.15, -0.1) is 6.58 Å². The van der Waals surface area contributed by atoms with E-state index in [1.165, 1.54) is 23.1 Å². The van der Waals surface area contributed by atoms with Crippen molar-refractivity contribution in [3.63, 3.8) is 0 Å². The fourth-order valence-electron chi connectivity index (χ4n) is 1.82. The Hall–Kier alpha value is -1.08. The number of allylic oxidation sites excluding steroid dienone is 1. The van der Waals surface area contributed by atoms with Crippen LogP contribution < -0.4 is 5.32 Å². The van der Waals surface area contributed by atoms with Gasteiger partial charge < -0.3 is 5.32 Å². The zero-order chi connectivity index (χ0) is 9.10. The van der Waals surface area contributed by atoms with Crippen molar-refractivity contribution in [3.8, 4) is 0 Å². The van der Waals surface area contributed by atoms with Crippen LogP contribution in [0.5, 0.6) is 0 Å². The van der Waals surface area contributed by atoms with Crippen LogP contribution in [-0.4, -0.2) is 6.54 Å². The molecule has 1 N–H and O–H groups in total.